The van der Waals surface area contributed by atoms with Crippen LogP contribution in [0.2, 0.25) is 0 Å². The lowest BCUT2D eigenvalue weighted by atomic mass is 9.69. The summed E-state index contributed by atoms with van der Waals surface area (Å²) in [5, 5.41) is 10.3. The zero-order chi connectivity index (χ0) is 35.5. The Hall–Kier alpha value is -4.20. The number of aryl methyl sites for hydroxylation is 2. The van der Waals surface area contributed by atoms with Crippen molar-refractivity contribution in [2.45, 2.75) is 84.4 Å². The second kappa shape index (κ2) is 15.6. The van der Waals surface area contributed by atoms with E-state index in [4.69, 9.17) is 9.47 Å². The van der Waals surface area contributed by atoms with Gasteiger partial charge in [-0.1, -0.05) is 73.5 Å². The molecular formula is C44H52N2O5. The van der Waals surface area contributed by atoms with E-state index in [-0.39, 0.29) is 41.7 Å². The Kier molecular flexibility index (Phi) is 10.8. The van der Waals surface area contributed by atoms with Crippen molar-refractivity contribution in [1.29, 1.82) is 0 Å². The summed E-state index contributed by atoms with van der Waals surface area (Å²) in [4.78, 5) is 32.7. The number of carbonyl (C=O) groups excluding carboxylic acids is 2. The second-order valence-electron chi connectivity index (χ2n) is 15.1. The number of fused-ring (bicyclic) bond motifs is 3. The molecule has 0 saturated carbocycles. The lowest BCUT2D eigenvalue weighted by molar-refractivity contribution is -0.144. The normalized spacial score (nSPS) is 24.3. The van der Waals surface area contributed by atoms with E-state index in [9.17, 15) is 14.7 Å². The van der Waals surface area contributed by atoms with Crippen molar-refractivity contribution in [3.8, 4) is 11.5 Å². The number of piperidine rings is 1. The number of carbonyl (C=O) groups is 2. The van der Waals surface area contributed by atoms with Crippen LogP contribution in [0.1, 0.15) is 74.1 Å². The van der Waals surface area contributed by atoms with E-state index < -0.39 is 0 Å². The lowest BCUT2D eigenvalue weighted by Gasteiger charge is -2.36. The first kappa shape index (κ1) is 35.2. The number of para-hydroxylation sites is 1. The van der Waals surface area contributed by atoms with Crippen LogP contribution in [-0.2, 0) is 20.9 Å². The summed E-state index contributed by atoms with van der Waals surface area (Å²) in [7, 11) is 0. The molecule has 3 heterocycles. The molecule has 3 aliphatic heterocycles. The number of phenolic OH excluding ortho intramolecular Hbond substituents is 1. The minimum absolute atomic E-state index is 0.00105. The topological polar surface area (TPSA) is 79.3 Å². The zero-order valence-electron chi connectivity index (χ0n) is 30.4. The van der Waals surface area contributed by atoms with Crippen molar-refractivity contribution in [2.75, 3.05) is 26.3 Å². The van der Waals surface area contributed by atoms with E-state index in [1.807, 2.05) is 62.4 Å². The summed E-state index contributed by atoms with van der Waals surface area (Å²) >= 11 is 0. The number of benzene rings is 3. The molecule has 51 heavy (non-hydrogen) atoms. The van der Waals surface area contributed by atoms with Gasteiger partial charge in [0.1, 0.15) is 18.1 Å². The Bertz CT molecular complexity index is 1750. The summed E-state index contributed by atoms with van der Waals surface area (Å²) in [5.41, 5.74) is 7.83. The van der Waals surface area contributed by atoms with Gasteiger partial charge in [-0.25, -0.2) is 0 Å². The van der Waals surface area contributed by atoms with Gasteiger partial charge in [0.15, 0.2) is 0 Å². The van der Waals surface area contributed by atoms with E-state index >= 15 is 0 Å². The molecule has 7 rings (SSSR count). The molecule has 3 saturated heterocycles. The molecule has 1 N–H and O–H groups in total. The van der Waals surface area contributed by atoms with Crippen molar-refractivity contribution >= 4 is 17.9 Å². The maximum atomic E-state index is 14.3. The molecule has 268 valence electrons. The first-order valence-electron chi connectivity index (χ1n) is 18.9. The van der Waals surface area contributed by atoms with Gasteiger partial charge in [0.05, 0.1) is 24.5 Å². The van der Waals surface area contributed by atoms with Gasteiger partial charge in [-0.05, 0) is 110 Å². The predicted octanol–water partition coefficient (Wildman–Crippen LogP) is 8.03. The molecule has 3 aromatic carbocycles. The van der Waals surface area contributed by atoms with Gasteiger partial charge in [-0.15, -0.1) is 0 Å². The number of ether oxygens (including phenoxy) is 2. The lowest BCUT2D eigenvalue weighted by Crippen LogP contribution is -2.47. The molecule has 3 fully saturated rings. The molecule has 2 amide bonds. The van der Waals surface area contributed by atoms with Gasteiger partial charge < -0.3 is 14.6 Å². The minimum Gasteiger partial charge on any atom is -0.507 e. The SMILES string of the molecule is CCC/C(=C\c1cc(C)c(O)c(C)c1)CC[C@H]1OC[C@H]2C1=C(COc1ccccc1)C[C@H]1C(=O)N(C3CCN(Cc4ccccc4)CC3)C(=O)[C@H]12. The molecule has 0 bridgehead atoms. The molecule has 4 aliphatic rings. The Labute approximate surface area is 302 Å². The number of imide groups is 1. The van der Waals surface area contributed by atoms with Crippen LogP contribution < -0.4 is 4.74 Å². The first-order chi connectivity index (χ1) is 24.8. The molecule has 4 atom stereocenters. The minimum atomic E-state index is -0.367. The number of hydrogen-bond donors (Lipinski definition) is 1. The maximum absolute atomic E-state index is 14.3. The van der Waals surface area contributed by atoms with Crippen LogP contribution in [-0.4, -0.2) is 65.2 Å². The van der Waals surface area contributed by atoms with Crippen molar-refractivity contribution in [3.05, 3.63) is 112 Å². The fraction of sp³-hybridized carbons (Fsp3) is 0.455. The van der Waals surface area contributed by atoms with E-state index in [2.05, 4.69) is 42.2 Å². The monoisotopic (exact) mass is 688 g/mol. The number of phenols is 1. The van der Waals surface area contributed by atoms with Crippen molar-refractivity contribution in [3.63, 3.8) is 0 Å². The molecule has 7 heteroatoms. The molecular weight excluding hydrogens is 636 g/mol. The van der Waals surface area contributed by atoms with Crippen LogP contribution in [0, 0.1) is 31.6 Å². The average molecular weight is 689 g/mol. The number of rotatable bonds is 12. The number of amides is 2. The third-order valence-corrected chi connectivity index (χ3v) is 11.6. The van der Waals surface area contributed by atoms with Gasteiger partial charge in [-0.3, -0.25) is 19.4 Å². The summed E-state index contributed by atoms with van der Waals surface area (Å²) in [6.07, 6.45) is 8.01. The molecule has 0 unspecified atom stereocenters. The fourth-order valence-electron chi connectivity index (χ4n) is 9.07. The Morgan fingerprint density at radius 1 is 0.922 bits per heavy atom. The molecule has 0 spiro atoms. The third kappa shape index (κ3) is 7.56. The number of nitrogens with zero attached hydrogens (tertiary/aromatic N) is 2. The summed E-state index contributed by atoms with van der Waals surface area (Å²) in [6.45, 7) is 9.58. The van der Waals surface area contributed by atoms with Gasteiger partial charge in [0.25, 0.3) is 0 Å². The number of allylic oxidation sites excluding steroid dienone is 1. The van der Waals surface area contributed by atoms with Crippen molar-refractivity contribution in [2.24, 2.45) is 17.8 Å². The summed E-state index contributed by atoms with van der Waals surface area (Å²) in [6, 6.07) is 24.4. The highest BCUT2D eigenvalue weighted by molar-refractivity contribution is 6.06. The number of hydrogen-bond acceptors (Lipinski definition) is 6. The Balaban J connectivity index is 1.09. The van der Waals surface area contributed by atoms with E-state index in [1.54, 1.807) is 4.90 Å². The zero-order valence-corrected chi connectivity index (χ0v) is 30.4. The highest BCUT2D eigenvalue weighted by Gasteiger charge is 2.58. The summed E-state index contributed by atoms with van der Waals surface area (Å²) < 4.78 is 12.9. The quantitative estimate of drug-likeness (QED) is 0.153. The van der Waals surface area contributed by atoms with Gasteiger partial charge in [0, 0.05) is 31.6 Å². The standard InChI is InChI=1S/C44H52N2O5/c1-4-11-31(24-33-22-29(2)42(47)30(3)23-33)16-17-39-40-34(27-50-36-14-9-6-10-15-36)25-37-41(38(40)28-51-39)44(49)46(43(37)48)35-18-20-45(21-19-35)26-32-12-7-5-8-13-32/h5-10,12-15,22-24,35,37-39,41,47H,4,11,16-21,25-28H2,1-3H3/b31-24+/t37-,38+,39-,41-/m1/s1. The molecule has 3 aromatic rings. The van der Waals surface area contributed by atoms with Gasteiger partial charge >= 0.3 is 0 Å². The van der Waals surface area contributed by atoms with Crippen LogP contribution in [0.5, 0.6) is 11.5 Å². The van der Waals surface area contributed by atoms with Crippen LogP contribution in [0.25, 0.3) is 6.08 Å². The van der Waals surface area contributed by atoms with Gasteiger partial charge in [-0.2, -0.15) is 0 Å². The second-order valence-corrected chi connectivity index (χ2v) is 15.1. The van der Waals surface area contributed by atoms with Crippen molar-refractivity contribution in [1.82, 2.24) is 9.80 Å². The fourth-order valence-corrected chi connectivity index (χ4v) is 9.07. The first-order valence-corrected chi connectivity index (χ1v) is 18.9. The third-order valence-electron chi connectivity index (χ3n) is 11.6. The largest absolute Gasteiger partial charge is 0.507 e. The van der Waals surface area contributed by atoms with Crippen LogP contribution in [0.15, 0.2) is 89.5 Å². The maximum Gasteiger partial charge on any atom is 0.234 e. The van der Waals surface area contributed by atoms with Crippen molar-refractivity contribution < 1.29 is 24.2 Å². The highest BCUT2D eigenvalue weighted by atomic mass is 16.5. The van der Waals surface area contributed by atoms with Crippen LogP contribution >= 0.6 is 0 Å². The van der Waals surface area contributed by atoms with Gasteiger partial charge in [0.2, 0.25) is 11.8 Å². The Morgan fingerprint density at radius 2 is 1.61 bits per heavy atom. The molecule has 0 aromatic heterocycles. The number of likely N-dealkylation sites (tertiary alicyclic amines) is 2. The summed E-state index contributed by atoms with van der Waals surface area (Å²) in [5.74, 6) is 0.323. The van der Waals surface area contributed by atoms with Crippen LogP contribution in [0.4, 0.5) is 0 Å². The van der Waals surface area contributed by atoms with E-state index in [0.29, 0.717) is 25.4 Å². The molecule has 7 nitrogen and oxygen atoms in total. The van der Waals surface area contributed by atoms with Crippen LogP contribution in [0.3, 0.4) is 0 Å². The predicted molar refractivity (Wildman–Crippen MR) is 200 cm³/mol. The highest BCUT2D eigenvalue weighted by Crippen LogP contribution is 2.51. The number of aromatic hydroxyl groups is 1. The molecule has 0 radical (unpaired) electrons. The van der Waals surface area contributed by atoms with E-state index in [1.165, 1.54) is 16.7 Å². The Morgan fingerprint density at radius 3 is 2.29 bits per heavy atom. The van der Waals surface area contributed by atoms with E-state index in [0.717, 1.165) is 86.2 Å². The molecule has 1 aliphatic carbocycles. The average Bonchev–Trinajstić information content (AvgIpc) is 3.67. The smallest absolute Gasteiger partial charge is 0.234 e.